The van der Waals surface area contributed by atoms with Gasteiger partial charge in [0.05, 0.1) is 22.1 Å². The van der Waals surface area contributed by atoms with Crippen LogP contribution in [-0.4, -0.2) is 31.4 Å². The molecule has 140 valence electrons. The summed E-state index contributed by atoms with van der Waals surface area (Å²) < 4.78 is 0. The largest absolute Gasteiger partial charge is 0.333 e. The first-order valence-corrected chi connectivity index (χ1v) is 11.5. The van der Waals surface area contributed by atoms with Crippen molar-refractivity contribution in [3.8, 4) is 0 Å². The van der Waals surface area contributed by atoms with Crippen LogP contribution in [0.4, 0.5) is 0 Å². The van der Waals surface area contributed by atoms with Crippen LogP contribution in [0.1, 0.15) is 19.3 Å². The van der Waals surface area contributed by atoms with Crippen molar-refractivity contribution < 1.29 is 0 Å². The van der Waals surface area contributed by atoms with Gasteiger partial charge in [-0.15, -0.1) is 0 Å². The summed E-state index contributed by atoms with van der Waals surface area (Å²) in [6.45, 7) is 0. The first-order chi connectivity index (χ1) is 13.2. The number of unbranched alkanes of at least 4 members (excludes halogenated alkanes) is 2. The number of hydrogen-bond acceptors (Lipinski definition) is 4. The lowest BCUT2D eigenvalue weighted by atomic mass is 10.3. The molecule has 0 fully saturated rings. The number of rotatable bonds is 8. The number of H-pyrrole nitrogens is 2. The van der Waals surface area contributed by atoms with Gasteiger partial charge >= 0.3 is 0 Å². The highest BCUT2D eigenvalue weighted by Gasteiger charge is 2.05. The number of imidazole rings is 2. The summed E-state index contributed by atoms with van der Waals surface area (Å²) in [5, 5.41) is 3.38. The van der Waals surface area contributed by atoms with Crippen molar-refractivity contribution in [3.63, 3.8) is 0 Å². The van der Waals surface area contributed by atoms with E-state index in [1.807, 2.05) is 36.4 Å². The number of benzene rings is 2. The highest BCUT2D eigenvalue weighted by molar-refractivity contribution is 7.99. The first kappa shape index (κ1) is 19.0. The Kier molecular flexibility index (Phi) is 6.18. The summed E-state index contributed by atoms with van der Waals surface area (Å²) in [5.74, 6) is 2.11. The third kappa shape index (κ3) is 4.93. The third-order valence-corrected chi connectivity index (χ3v) is 6.50. The maximum absolute atomic E-state index is 6.01. The van der Waals surface area contributed by atoms with E-state index in [9.17, 15) is 0 Å². The number of aromatic amines is 2. The second-order valence-corrected chi connectivity index (χ2v) is 9.20. The van der Waals surface area contributed by atoms with E-state index < -0.39 is 0 Å². The monoisotopic (exact) mass is 436 g/mol. The van der Waals surface area contributed by atoms with Gasteiger partial charge in [-0.05, 0) is 49.2 Å². The predicted octanol–water partition coefficient (Wildman–Crippen LogP) is 6.80. The Labute approximate surface area is 175 Å². The lowest BCUT2D eigenvalue weighted by Gasteiger charge is -1.99. The van der Waals surface area contributed by atoms with Crippen LogP contribution in [0.2, 0.25) is 10.0 Å². The fourth-order valence-electron chi connectivity index (χ4n) is 2.77. The minimum absolute atomic E-state index is 0.729. The Morgan fingerprint density at radius 3 is 1.67 bits per heavy atom. The van der Waals surface area contributed by atoms with E-state index in [0.29, 0.717) is 0 Å². The molecule has 2 heterocycles. The highest BCUT2D eigenvalue weighted by Crippen LogP contribution is 2.25. The minimum Gasteiger partial charge on any atom is -0.333 e. The summed E-state index contributed by atoms with van der Waals surface area (Å²) in [6, 6.07) is 11.5. The summed E-state index contributed by atoms with van der Waals surface area (Å²) in [7, 11) is 0. The molecule has 4 nitrogen and oxygen atoms in total. The van der Waals surface area contributed by atoms with Crippen LogP contribution in [0.25, 0.3) is 22.1 Å². The molecular formula is C19H18Cl2N4S2. The van der Waals surface area contributed by atoms with Crippen molar-refractivity contribution in [3.05, 3.63) is 46.4 Å². The molecule has 27 heavy (non-hydrogen) atoms. The van der Waals surface area contributed by atoms with Crippen LogP contribution in [-0.2, 0) is 0 Å². The van der Waals surface area contributed by atoms with Crippen molar-refractivity contribution >= 4 is 68.8 Å². The average molecular weight is 437 g/mol. The Morgan fingerprint density at radius 2 is 1.19 bits per heavy atom. The quantitative estimate of drug-likeness (QED) is 0.235. The van der Waals surface area contributed by atoms with E-state index in [0.717, 1.165) is 53.9 Å². The molecule has 0 saturated carbocycles. The van der Waals surface area contributed by atoms with Gasteiger partial charge in [-0.3, -0.25) is 0 Å². The molecule has 0 atom stereocenters. The molecule has 0 aliphatic carbocycles. The fraction of sp³-hybridized carbons (Fsp3) is 0.263. The van der Waals surface area contributed by atoms with Crippen LogP contribution in [0.15, 0.2) is 46.7 Å². The van der Waals surface area contributed by atoms with Gasteiger partial charge in [-0.25, -0.2) is 9.97 Å². The Balaban J connectivity index is 1.16. The summed E-state index contributed by atoms with van der Waals surface area (Å²) in [4.78, 5) is 15.8. The van der Waals surface area contributed by atoms with Gasteiger partial charge in [0.1, 0.15) is 0 Å². The van der Waals surface area contributed by atoms with Gasteiger partial charge in [-0.2, -0.15) is 0 Å². The highest BCUT2D eigenvalue weighted by atomic mass is 35.5. The SMILES string of the molecule is Clc1ccc2nc(SCCCCCSc3nc4ccc(Cl)cc4[nH]3)[nH]c2c1. The topological polar surface area (TPSA) is 57.4 Å². The molecule has 0 aliphatic heterocycles. The van der Waals surface area contributed by atoms with Crippen molar-refractivity contribution in [2.24, 2.45) is 0 Å². The van der Waals surface area contributed by atoms with E-state index in [4.69, 9.17) is 23.2 Å². The zero-order valence-electron chi connectivity index (χ0n) is 14.5. The fourth-order valence-corrected chi connectivity index (χ4v) is 4.89. The molecule has 4 aromatic rings. The van der Waals surface area contributed by atoms with Gasteiger partial charge in [0.15, 0.2) is 10.3 Å². The van der Waals surface area contributed by atoms with E-state index in [2.05, 4.69) is 19.9 Å². The van der Waals surface area contributed by atoms with Gasteiger partial charge in [0.25, 0.3) is 0 Å². The van der Waals surface area contributed by atoms with Gasteiger partial charge < -0.3 is 9.97 Å². The Morgan fingerprint density at radius 1 is 0.704 bits per heavy atom. The Bertz CT molecular complexity index is 976. The summed E-state index contributed by atoms with van der Waals surface area (Å²) >= 11 is 15.5. The van der Waals surface area contributed by atoms with E-state index in [-0.39, 0.29) is 0 Å². The van der Waals surface area contributed by atoms with Crippen molar-refractivity contribution in [2.75, 3.05) is 11.5 Å². The van der Waals surface area contributed by atoms with Crippen molar-refractivity contribution in [1.29, 1.82) is 0 Å². The number of nitrogens with one attached hydrogen (secondary N) is 2. The van der Waals surface area contributed by atoms with Gasteiger partial charge in [0.2, 0.25) is 0 Å². The minimum atomic E-state index is 0.729. The second-order valence-electron chi connectivity index (χ2n) is 6.16. The van der Waals surface area contributed by atoms with Crippen LogP contribution < -0.4 is 0 Å². The summed E-state index contributed by atoms with van der Waals surface area (Å²) in [6.07, 6.45) is 3.52. The lowest BCUT2D eigenvalue weighted by Crippen LogP contribution is -1.86. The smallest absolute Gasteiger partial charge is 0.166 e. The molecule has 2 N–H and O–H groups in total. The number of fused-ring (bicyclic) bond motifs is 2. The molecule has 0 bridgehead atoms. The van der Waals surface area contributed by atoms with Crippen LogP contribution in [0.3, 0.4) is 0 Å². The van der Waals surface area contributed by atoms with E-state index in [1.54, 1.807) is 23.5 Å². The zero-order chi connectivity index (χ0) is 18.6. The number of hydrogen-bond donors (Lipinski definition) is 2. The molecule has 2 aromatic heterocycles. The molecule has 0 unspecified atom stereocenters. The standard InChI is InChI=1S/C19H18Cl2N4S2/c20-12-4-6-14-16(10-12)24-18(22-14)26-8-2-1-3-9-27-19-23-15-7-5-13(21)11-17(15)25-19/h4-7,10-11H,1-3,8-9H2,(H,22,24)(H,23,25). The van der Waals surface area contributed by atoms with E-state index >= 15 is 0 Å². The molecule has 0 aliphatic rings. The van der Waals surface area contributed by atoms with Crippen molar-refractivity contribution in [2.45, 2.75) is 29.6 Å². The normalized spacial score (nSPS) is 11.6. The molecule has 0 saturated heterocycles. The predicted molar refractivity (Wildman–Crippen MR) is 118 cm³/mol. The average Bonchev–Trinajstić information content (AvgIpc) is 3.23. The third-order valence-electron chi connectivity index (χ3n) is 4.11. The molecule has 2 aromatic carbocycles. The first-order valence-electron chi connectivity index (χ1n) is 8.73. The number of thioether (sulfide) groups is 2. The number of nitrogens with zero attached hydrogens (tertiary/aromatic N) is 2. The van der Waals surface area contributed by atoms with Gasteiger partial charge in [0, 0.05) is 21.6 Å². The van der Waals surface area contributed by atoms with Crippen molar-refractivity contribution in [1.82, 2.24) is 19.9 Å². The van der Waals surface area contributed by atoms with Crippen LogP contribution >= 0.6 is 46.7 Å². The molecular weight excluding hydrogens is 419 g/mol. The maximum atomic E-state index is 6.01. The van der Waals surface area contributed by atoms with Gasteiger partial charge in [-0.1, -0.05) is 53.1 Å². The van der Waals surface area contributed by atoms with Crippen LogP contribution in [0.5, 0.6) is 0 Å². The summed E-state index contributed by atoms with van der Waals surface area (Å²) in [5.41, 5.74) is 3.91. The molecule has 0 amide bonds. The lowest BCUT2D eigenvalue weighted by molar-refractivity contribution is 0.783. The maximum Gasteiger partial charge on any atom is 0.166 e. The zero-order valence-corrected chi connectivity index (χ0v) is 17.6. The molecule has 0 radical (unpaired) electrons. The Hall–Kier alpha value is -1.34. The van der Waals surface area contributed by atoms with Crippen LogP contribution in [0, 0.1) is 0 Å². The second kappa shape index (κ2) is 8.78. The van der Waals surface area contributed by atoms with E-state index in [1.165, 1.54) is 19.3 Å². The number of aromatic nitrogens is 4. The molecule has 8 heteroatoms. The molecule has 0 spiro atoms. The number of halogens is 2. The molecule has 4 rings (SSSR count).